The molecule has 364 valence electrons. The van der Waals surface area contributed by atoms with Gasteiger partial charge in [-0.2, -0.15) is 0 Å². The molecule has 0 saturated carbocycles. The van der Waals surface area contributed by atoms with Gasteiger partial charge in [-0.05, 0) is 70.6 Å². The lowest BCUT2D eigenvalue weighted by Gasteiger charge is -2.18. The number of allylic oxidation sites excluding steroid dienone is 4. The van der Waals surface area contributed by atoms with Crippen molar-refractivity contribution >= 4 is 17.9 Å². The van der Waals surface area contributed by atoms with E-state index in [4.69, 9.17) is 14.2 Å². The Morgan fingerprint density at radius 2 is 0.532 bits per heavy atom. The predicted molar refractivity (Wildman–Crippen MR) is 266 cm³/mol. The number of rotatable bonds is 50. The SMILES string of the molecule is CCCCCC/C=C\CCCCCCCC(=O)OCC(COC(=O)CCCCCCCCC/C=C\CCCCCCCC)OC(=O)CCCCCCCCCCCCCCCC. The molecule has 62 heavy (non-hydrogen) atoms. The van der Waals surface area contributed by atoms with Crippen molar-refractivity contribution in [2.45, 2.75) is 303 Å². The van der Waals surface area contributed by atoms with E-state index in [-0.39, 0.29) is 31.1 Å². The normalized spacial score (nSPS) is 12.1. The first-order valence-corrected chi connectivity index (χ1v) is 27.3. The molecule has 0 spiro atoms. The van der Waals surface area contributed by atoms with Gasteiger partial charge in [-0.25, -0.2) is 0 Å². The molecule has 0 bridgehead atoms. The number of ether oxygens (including phenoxy) is 3. The molecule has 0 amide bonds. The lowest BCUT2D eigenvalue weighted by atomic mass is 10.0. The topological polar surface area (TPSA) is 78.9 Å². The second-order valence-electron chi connectivity index (χ2n) is 18.5. The molecule has 0 aliphatic carbocycles. The highest BCUT2D eigenvalue weighted by atomic mass is 16.6. The van der Waals surface area contributed by atoms with Crippen molar-refractivity contribution in [2.75, 3.05) is 13.2 Å². The summed E-state index contributed by atoms with van der Waals surface area (Å²) in [4.78, 5) is 38.0. The zero-order valence-corrected chi connectivity index (χ0v) is 41.7. The number of unbranched alkanes of at least 4 members (excludes halogenated alkanes) is 35. The number of esters is 3. The fourth-order valence-electron chi connectivity index (χ4n) is 8.02. The summed E-state index contributed by atoms with van der Waals surface area (Å²) >= 11 is 0. The monoisotopic (exact) mass is 873 g/mol. The van der Waals surface area contributed by atoms with Crippen LogP contribution in [-0.2, 0) is 28.6 Å². The Bertz CT molecular complexity index is 1000. The molecular weight excluding hydrogens is 769 g/mol. The lowest BCUT2D eigenvalue weighted by Crippen LogP contribution is -2.30. The summed E-state index contributed by atoms with van der Waals surface area (Å²) in [6, 6.07) is 0. The Hall–Kier alpha value is -2.11. The molecule has 0 saturated heterocycles. The number of hydrogen-bond donors (Lipinski definition) is 0. The summed E-state index contributed by atoms with van der Waals surface area (Å²) in [5.41, 5.74) is 0. The Balaban J connectivity index is 4.34. The van der Waals surface area contributed by atoms with Crippen molar-refractivity contribution in [1.29, 1.82) is 0 Å². The Morgan fingerprint density at radius 3 is 0.823 bits per heavy atom. The van der Waals surface area contributed by atoms with Crippen LogP contribution >= 0.6 is 0 Å². The number of hydrogen-bond acceptors (Lipinski definition) is 6. The molecule has 0 aliphatic rings. The molecule has 1 unspecified atom stereocenters. The Labute approximate surface area is 385 Å². The molecule has 0 rings (SSSR count). The second-order valence-corrected chi connectivity index (χ2v) is 18.5. The van der Waals surface area contributed by atoms with E-state index in [2.05, 4.69) is 45.1 Å². The van der Waals surface area contributed by atoms with Crippen molar-refractivity contribution < 1.29 is 28.6 Å². The van der Waals surface area contributed by atoms with Gasteiger partial charge in [0.2, 0.25) is 0 Å². The van der Waals surface area contributed by atoms with Crippen LogP contribution in [0.1, 0.15) is 297 Å². The molecule has 0 N–H and O–H groups in total. The van der Waals surface area contributed by atoms with Crippen LogP contribution in [0.25, 0.3) is 0 Å². The maximum atomic E-state index is 12.8. The van der Waals surface area contributed by atoms with Gasteiger partial charge in [-0.15, -0.1) is 0 Å². The first-order chi connectivity index (χ1) is 30.5. The molecule has 6 nitrogen and oxygen atoms in total. The summed E-state index contributed by atoms with van der Waals surface area (Å²) in [6.45, 7) is 6.64. The third-order valence-electron chi connectivity index (χ3n) is 12.2. The predicted octanol–water partition coefficient (Wildman–Crippen LogP) is 17.9. The van der Waals surface area contributed by atoms with E-state index >= 15 is 0 Å². The molecule has 0 aromatic heterocycles. The van der Waals surface area contributed by atoms with Gasteiger partial charge in [-0.1, -0.05) is 231 Å². The summed E-state index contributed by atoms with van der Waals surface area (Å²) < 4.78 is 16.8. The van der Waals surface area contributed by atoms with E-state index in [1.807, 2.05) is 0 Å². The van der Waals surface area contributed by atoms with Crippen LogP contribution in [0.5, 0.6) is 0 Å². The van der Waals surface area contributed by atoms with Gasteiger partial charge >= 0.3 is 17.9 Å². The Morgan fingerprint density at radius 1 is 0.306 bits per heavy atom. The zero-order valence-electron chi connectivity index (χ0n) is 41.7. The second kappa shape index (κ2) is 51.5. The van der Waals surface area contributed by atoms with E-state index in [1.54, 1.807) is 0 Å². The van der Waals surface area contributed by atoms with Crippen LogP contribution in [0.3, 0.4) is 0 Å². The average Bonchev–Trinajstić information content (AvgIpc) is 3.27. The van der Waals surface area contributed by atoms with E-state index in [0.29, 0.717) is 19.3 Å². The quantitative estimate of drug-likeness (QED) is 0.0262. The van der Waals surface area contributed by atoms with Crippen molar-refractivity contribution in [2.24, 2.45) is 0 Å². The van der Waals surface area contributed by atoms with Crippen molar-refractivity contribution in [1.82, 2.24) is 0 Å². The minimum Gasteiger partial charge on any atom is -0.462 e. The smallest absolute Gasteiger partial charge is 0.306 e. The van der Waals surface area contributed by atoms with Crippen molar-refractivity contribution in [3.8, 4) is 0 Å². The molecule has 0 fully saturated rings. The summed E-state index contributed by atoms with van der Waals surface area (Å²) in [6.07, 6.45) is 58.7. The fraction of sp³-hybridized carbons (Fsp3) is 0.875. The van der Waals surface area contributed by atoms with E-state index in [9.17, 15) is 14.4 Å². The molecule has 0 radical (unpaired) electrons. The zero-order chi connectivity index (χ0) is 45.1. The third kappa shape index (κ3) is 48.9. The number of carbonyl (C=O) groups excluding carboxylic acids is 3. The molecule has 0 aliphatic heterocycles. The van der Waals surface area contributed by atoms with Gasteiger partial charge in [-0.3, -0.25) is 14.4 Å². The highest BCUT2D eigenvalue weighted by Gasteiger charge is 2.19. The first kappa shape index (κ1) is 59.9. The molecule has 0 aromatic rings. The minimum absolute atomic E-state index is 0.0722. The van der Waals surface area contributed by atoms with Crippen LogP contribution in [0.15, 0.2) is 24.3 Å². The molecule has 6 heteroatoms. The highest BCUT2D eigenvalue weighted by molar-refractivity contribution is 5.71. The Kier molecular flexibility index (Phi) is 49.8. The van der Waals surface area contributed by atoms with Crippen molar-refractivity contribution in [3.05, 3.63) is 24.3 Å². The van der Waals surface area contributed by atoms with Crippen molar-refractivity contribution in [3.63, 3.8) is 0 Å². The maximum Gasteiger partial charge on any atom is 0.306 e. The minimum atomic E-state index is -0.771. The van der Waals surface area contributed by atoms with Crippen LogP contribution in [-0.4, -0.2) is 37.2 Å². The summed E-state index contributed by atoms with van der Waals surface area (Å²) in [5, 5.41) is 0. The van der Waals surface area contributed by atoms with Gasteiger partial charge in [0.1, 0.15) is 13.2 Å². The average molecular weight is 873 g/mol. The van der Waals surface area contributed by atoms with Crippen LogP contribution in [0, 0.1) is 0 Å². The van der Waals surface area contributed by atoms with Crippen LogP contribution in [0.4, 0.5) is 0 Å². The maximum absolute atomic E-state index is 12.8. The fourth-order valence-corrected chi connectivity index (χ4v) is 8.02. The molecule has 0 aromatic carbocycles. The number of carbonyl (C=O) groups is 3. The highest BCUT2D eigenvalue weighted by Crippen LogP contribution is 2.16. The summed E-state index contributed by atoms with van der Waals surface area (Å²) in [7, 11) is 0. The van der Waals surface area contributed by atoms with E-state index in [0.717, 1.165) is 64.2 Å². The molecule has 0 heterocycles. The van der Waals surface area contributed by atoms with E-state index < -0.39 is 6.10 Å². The summed E-state index contributed by atoms with van der Waals surface area (Å²) in [5.74, 6) is -0.869. The van der Waals surface area contributed by atoms with E-state index in [1.165, 1.54) is 193 Å². The van der Waals surface area contributed by atoms with Gasteiger partial charge in [0.15, 0.2) is 6.10 Å². The largest absolute Gasteiger partial charge is 0.462 e. The van der Waals surface area contributed by atoms with Gasteiger partial charge in [0.05, 0.1) is 0 Å². The first-order valence-electron chi connectivity index (χ1n) is 27.3. The third-order valence-corrected chi connectivity index (χ3v) is 12.2. The van der Waals surface area contributed by atoms with Crippen LogP contribution < -0.4 is 0 Å². The van der Waals surface area contributed by atoms with Gasteiger partial charge < -0.3 is 14.2 Å². The lowest BCUT2D eigenvalue weighted by molar-refractivity contribution is -0.167. The van der Waals surface area contributed by atoms with Gasteiger partial charge in [0, 0.05) is 19.3 Å². The molecular formula is C56H104O6. The molecule has 1 atom stereocenters. The van der Waals surface area contributed by atoms with Crippen LogP contribution in [0.2, 0.25) is 0 Å². The standard InChI is InChI=1S/C56H104O6/c1-4-7-10-13-16-19-22-25-27-28-29-32-34-37-40-43-46-49-55(58)61-52-53(51-60-54(57)48-45-42-39-36-33-30-24-21-18-15-12-9-6-3)62-56(59)50-47-44-41-38-35-31-26-23-20-17-14-11-8-5-2/h21,24-25,27,53H,4-20,22-23,26,28-52H2,1-3H3/b24-21-,27-25-. The van der Waals surface area contributed by atoms with Gasteiger partial charge in [0.25, 0.3) is 0 Å².